The maximum absolute atomic E-state index is 6.68. The van der Waals surface area contributed by atoms with Crippen LogP contribution in [0.3, 0.4) is 0 Å². The fourth-order valence-electron chi connectivity index (χ4n) is 12.6. The first-order valence-corrected chi connectivity index (χ1v) is 24.6. The average Bonchev–Trinajstić information content (AvgIpc) is 3.86. The number of benzene rings is 11. The largest absolute Gasteiger partial charge is 0.457 e. The number of anilines is 3. The van der Waals surface area contributed by atoms with Crippen molar-refractivity contribution in [1.29, 1.82) is 0 Å². The molecule has 15 rings (SSSR count). The molecule has 0 amide bonds. The highest BCUT2D eigenvalue weighted by atomic mass is 32.2. The summed E-state index contributed by atoms with van der Waals surface area (Å²) >= 11 is 1.89. The van der Waals surface area contributed by atoms with Gasteiger partial charge in [-0.2, -0.15) is 0 Å². The topological polar surface area (TPSA) is 12.5 Å². The van der Waals surface area contributed by atoms with Crippen LogP contribution in [0.25, 0.3) is 44.2 Å². The molecule has 0 saturated heterocycles. The van der Waals surface area contributed by atoms with Gasteiger partial charge in [-0.15, -0.1) is 0 Å². The highest BCUT2D eigenvalue weighted by Gasteiger charge is 2.52. The lowest BCUT2D eigenvalue weighted by atomic mass is 9.66. The third-order valence-corrected chi connectivity index (χ3v) is 16.5. The van der Waals surface area contributed by atoms with Crippen LogP contribution in [0.5, 0.6) is 11.5 Å². The molecule has 0 N–H and O–H groups in total. The fourth-order valence-corrected chi connectivity index (χ4v) is 13.8. The van der Waals surface area contributed by atoms with Gasteiger partial charge in [0.1, 0.15) is 11.5 Å². The van der Waals surface area contributed by atoms with Gasteiger partial charge in [0.05, 0.1) is 10.8 Å². The van der Waals surface area contributed by atoms with E-state index < -0.39 is 10.8 Å². The first-order valence-electron chi connectivity index (χ1n) is 23.8. The molecule has 2 nitrogen and oxygen atoms in total. The second kappa shape index (κ2) is 14.6. The normalized spacial score (nSPS) is 14.4. The molecule has 11 aromatic carbocycles. The highest BCUT2D eigenvalue weighted by molar-refractivity contribution is 7.99. The van der Waals surface area contributed by atoms with E-state index >= 15 is 0 Å². The Hall–Kier alpha value is -8.37. The Labute approximate surface area is 405 Å². The molecular formula is C66H41NOS. The quantitative estimate of drug-likeness (QED) is 0.175. The second-order valence-electron chi connectivity index (χ2n) is 18.7. The van der Waals surface area contributed by atoms with Crippen LogP contribution in [-0.4, -0.2) is 0 Å². The lowest BCUT2D eigenvalue weighted by Gasteiger charge is -2.40. The molecule has 2 aliphatic carbocycles. The zero-order valence-corrected chi connectivity index (χ0v) is 38.3. The van der Waals surface area contributed by atoms with Crippen molar-refractivity contribution in [2.75, 3.05) is 4.90 Å². The zero-order chi connectivity index (χ0) is 45.3. The van der Waals surface area contributed by atoms with Gasteiger partial charge in [0.15, 0.2) is 0 Å². The highest BCUT2D eigenvalue weighted by Crippen LogP contribution is 2.65. The Morgan fingerprint density at radius 2 is 0.754 bits per heavy atom. The van der Waals surface area contributed by atoms with E-state index in [4.69, 9.17) is 4.74 Å². The summed E-state index contributed by atoms with van der Waals surface area (Å²) in [5.41, 5.74) is 19.8. The molecule has 0 fully saturated rings. The van der Waals surface area contributed by atoms with Gasteiger partial charge >= 0.3 is 0 Å². The third kappa shape index (κ3) is 5.28. The van der Waals surface area contributed by atoms with Gasteiger partial charge < -0.3 is 9.64 Å². The molecule has 0 unspecified atom stereocenters. The van der Waals surface area contributed by atoms with Gasteiger partial charge in [-0.25, -0.2) is 0 Å². The molecule has 0 radical (unpaired) electrons. The van der Waals surface area contributed by atoms with Crippen molar-refractivity contribution in [1.82, 2.24) is 0 Å². The number of fused-ring (bicyclic) bond motifs is 19. The van der Waals surface area contributed by atoms with Gasteiger partial charge in [-0.05, 0) is 144 Å². The molecule has 322 valence electrons. The van der Waals surface area contributed by atoms with E-state index in [-0.39, 0.29) is 0 Å². The summed E-state index contributed by atoms with van der Waals surface area (Å²) in [4.78, 5) is 5.08. The first kappa shape index (κ1) is 38.7. The number of hydrogen-bond donors (Lipinski definition) is 0. The van der Waals surface area contributed by atoms with E-state index in [2.05, 4.69) is 254 Å². The Kier molecular flexibility index (Phi) is 8.17. The van der Waals surface area contributed by atoms with E-state index in [0.29, 0.717) is 0 Å². The van der Waals surface area contributed by atoms with Crippen LogP contribution in [0.4, 0.5) is 17.1 Å². The van der Waals surface area contributed by atoms with E-state index in [0.717, 1.165) is 28.6 Å². The van der Waals surface area contributed by atoms with Gasteiger partial charge in [0.2, 0.25) is 0 Å². The Balaban J connectivity index is 0.972. The summed E-state index contributed by atoms with van der Waals surface area (Å²) in [5, 5.41) is 2.49. The van der Waals surface area contributed by atoms with Gasteiger partial charge in [0, 0.05) is 38.0 Å². The van der Waals surface area contributed by atoms with Crippen molar-refractivity contribution >= 4 is 39.6 Å². The molecule has 0 saturated carbocycles. The molecule has 0 bridgehead atoms. The maximum Gasteiger partial charge on any atom is 0.132 e. The lowest BCUT2D eigenvalue weighted by molar-refractivity contribution is 0.436. The van der Waals surface area contributed by atoms with Crippen LogP contribution in [0.1, 0.15) is 44.5 Å². The Bertz CT molecular complexity index is 3850. The van der Waals surface area contributed by atoms with Crippen LogP contribution in [0.15, 0.2) is 259 Å². The molecule has 2 aliphatic heterocycles. The summed E-state index contributed by atoms with van der Waals surface area (Å²) in [6.07, 6.45) is 0. The van der Waals surface area contributed by atoms with Crippen molar-refractivity contribution in [3.63, 3.8) is 0 Å². The van der Waals surface area contributed by atoms with E-state index in [9.17, 15) is 0 Å². The number of nitrogens with zero attached hydrogens (tertiary/aromatic N) is 1. The SMILES string of the molecule is c1ccc2c(c1)Oc1ccccc1C21c2ccccc2-c2cc(N(c3ccc(-c4ccc5ccccc5c4)cc3)c3ccc4c(c3)C3(c5ccccc5Sc5ccccc53)c3ccccc3-4)ccc21. The van der Waals surface area contributed by atoms with E-state index in [1.165, 1.54) is 98.5 Å². The number of rotatable bonds is 4. The molecule has 2 heterocycles. The molecule has 69 heavy (non-hydrogen) atoms. The lowest BCUT2D eigenvalue weighted by Crippen LogP contribution is -2.32. The Morgan fingerprint density at radius 1 is 0.290 bits per heavy atom. The summed E-state index contributed by atoms with van der Waals surface area (Å²) in [7, 11) is 0. The first-order chi connectivity index (χ1) is 34.2. The minimum atomic E-state index is -0.548. The molecule has 2 spiro atoms. The minimum absolute atomic E-state index is 0.501. The van der Waals surface area contributed by atoms with Crippen LogP contribution in [0.2, 0.25) is 0 Å². The van der Waals surface area contributed by atoms with Crippen molar-refractivity contribution in [2.24, 2.45) is 0 Å². The van der Waals surface area contributed by atoms with Crippen LogP contribution in [0, 0.1) is 0 Å². The summed E-state index contributed by atoms with van der Waals surface area (Å²) in [6.45, 7) is 0. The molecule has 0 atom stereocenters. The van der Waals surface area contributed by atoms with Crippen LogP contribution < -0.4 is 9.64 Å². The van der Waals surface area contributed by atoms with Crippen molar-refractivity contribution in [2.45, 2.75) is 20.6 Å². The van der Waals surface area contributed by atoms with E-state index in [1.54, 1.807) is 0 Å². The Morgan fingerprint density at radius 3 is 1.43 bits per heavy atom. The smallest absolute Gasteiger partial charge is 0.132 e. The summed E-state index contributed by atoms with van der Waals surface area (Å²) in [6, 6.07) is 92.4. The van der Waals surface area contributed by atoms with Crippen molar-refractivity contribution in [3.8, 4) is 44.9 Å². The number of para-hydroxylation sites is 2. The maximum atomic E-state index is 6.68. The summed E-state index contributed by atoms with van der Waals surface area (Å²) in [5.74, 6) is 1.79. The number of ether oxygens (including phenoxy) is 1. The van der Waals surface area contributed by atoms with Gasteiger partial charge in [-0.3, -0.25) is 0 Å². The predicted molar refractivity (Wildman–Crippen MR) is 283 cm³/mol. The standard InChI is InChI=1S/C66H41NOS/c1-2-16-44-39-45(30-29-42(44)15-1)43-31-33-46(34-32-43)67(47-36-38-55-52(40-47)50-18-4-6-20-54(50)65(55)56-21-7-11-25-61(56)68-62-26-12-8-22-57(62)65)48-35-37-51-49-17-3-5-19-53(49)66(60(51)41-48)58-23-9-13-27-63(58)69-64-28-14-10-24-59(64)66/h1-41H. The van der Waals surface area contributed by atoms with Gasteiger partial charge in [0.25, 0.3) is 0 Å². The summed E-state index contributed by atoms with van der Waals surface area (Å²) < 4.78 is 6.68. The fraction of sp³-hybridized carbons (Fsp3) is 0.0303. The zero-order valence-electron chi connectivity index (χ0n) is 37.4. The van der Waals surface area contributed by atoms with E-state index in [1.807, 2.05) is 11.8 Å². The average molecular weight is 896 g/mol. The second-order valence-corrected chi connectivity index (χ2v) is 19.8. The molecular weight excluding hydrogens is 855 g/mol. The minimum Gasteiger partial charge on any atom is -0.457 e. The van der Waals surface area contributed by atoms with Crippen molar-refractivity contribution in [3.05, 3.63) is 293 Å². The monoisotopic (exact) mass is 895 g/mol. The molecule has 4 aliphatic rings. The van der Waals surface area contributed by atoms with Crippen LogP contribution in [-0.2, 0) is 10.8 Å². The van der Waals surface area contributed by atoms with Crippen molar-refractivity contribution < 1.29 is 4.74 Å². The van der Waals surface area contributed by atoms with Crippen LogP contribution >= 0.6 is 11.8 Å². The molecule has 11 aromatic rings. The molecule has 0 aromatic heterocycles. The third-order valence-electron chi connectivity index (χ3n) is 15.4. The van der Waals surface area contributed by atoms with Gasteiger partial charge in [-0.1, -0.05) is 194 Å². The molecule has 3 heteroatoms. The number of hydrogen-bond acceptors (Lipinski definition) is 3. The predicted octanol–water partition coefficient (Wildman–Crippen LogP) is 17.3.